The first-order valence-corrected chi connectivity index (χ1v) is 6.76. The van der Waals surface area contributed by atoms with E-state index in [9.17, 15) is 4.79 Å². The molecule has 0 unspecified atom stereocenters. The minimum atomic E-state index is -0.268. The van der Waals surface area contributed by atoms with Gasteiger partial charge in [-0.05, 0) is 34.7 Å². The van der Waals surface area contributed by atoms with Crippen molar-refractivity contribution in [2.75, 3.05) is 25.1 Å². The Labute approximate surface area is 114 Å². The van der Waals surface area contributed by atoms with Gasteiger partial charge in [-0.1, -0.05) is 0 Å². The molecule has 2 N–H and O–H groups in total. The van der Waals surface area contributed by atoms with E-state index in [1.165, 1.54) is 12.8 Å². The second kappa shape index (κ2) is 6.19. The molecule has 0 aromatic carbocycles. The molecule has 2 rings (SSSR count). The fourth-order valence-corrected chi connectivity index (χ4v) is 1.73. The van der Waals surface area contributed by atoms with E-state index in [2.05, 4.69) is 31.7 Å². The summed E-state index contributed by atoms with van der Waals surface area (Å²) in [5.74, 6) is 1.27. The fraction of sp³-hybridized carbons (Fsp3) is 0.636. The Morgan fingerprint density at radius 1 is 1.67 bits per heavy atom. The minimum absolute atomic E-state index is 0.268. The number of carbonyl (C=O) groups is 1. The van der Waals surface area contributed by atoms with Crippen LogP contribution < -0.4 is 10.6 Å². The molecular weight excluding hydrogens is 300 g/mol. The van der Waals surface area contributed by atoms with Gasteiger partial charge in [-0.15, -0.1) is 0 Å². The Morgan fingerprint density at radius 2 is 2.44 bits per heavy atom. The third-order valence-electron chi connectivity index (χ3n) is 2.65. The summed E-state index contributed by atoms with van der Waals surface area (Å²) in [5, 5.41) is 9.46. The summed E-state index contributed by atoms with van der Waals surface area (Å²) in [6, 6.07) is 1.47. The molecule has 18 heavy (non-hydrogen) atoms. The van der Waals surface area contributed by atoms with E-state index in [1.807, 2.05) is 0 Å². The van der Waals surface area contributed by atoms with Crippen molar-refractivity contribution < 1.29 is 9.53 Å². The van der Waals surface area contributed by atoms with Crippen LogP contribution in [-0.4, -0.2) is 35.6 Å². The van der Waals surface area contributed by atoms with Crippen LogP contribution in [0.5, 0.6) is 0 Å². The van der Waals surface area contributed by atoms with Crippen LogP contribution in [0, 0.1) is 5.92 Å². The molecule has 1 aliphatic carbocycles. The number of amides is 2. The number of hydrogen-bond donors (Lipinski definition) is 2. The molecule has 0 radical (unpaired) electrons. The Bertz CT molecular complexity index is 398. The minimum Gasteiger partial charge on any atom is -0.379 e. The number of ether oxygens (including phenoxy) is 1. The number of rotatable bonds is 6. The third kappa shape index (κ3) is 4.30. The van der Waals surface area contributed by atoms with Gasteiger partial charge in [-0.25, -0.2) is 4.79 Å². The smallest absolute Gasteiger partial charge is 0.320 e. The van der Waals surface area contributed by atoms with Crippen LogP contribution in [0.15, 0.2) is 10.7 Å². The van der Waals surface area contributed by atoms with E-state index in [-0.39, 0.29) is 6.03 Å². The molecule has 0 spiro atoms. The topological polar surface area (TPSA) is 68.2 Å². The van der Waals surface area contributed by atoms with Crippen LogP contribution >= 0.6 is 15.9 Å². The highest BCUT2D eigenvalue weighted by atomic mass is 79.9. The summed E-state index contributed by atoms with van der Waals surface area (Å²) in [7, 11) is 1.79. The number of anilines is 1. The highest BCUT2D eigenvalue weighted by Gasteiger charge is 2.20. The van der Waals surface area contributed by atoms with Crippen molar-refractivity contribution in [3.8, 4) is 0 Å². The lowest BCUT2D eigenvalue weighted by Gasteiger charge is -2.06. The molecule has 6 nitrogen and oxygen atoms in total. The number of urea groups is 1. The normalized spacial score (nSPS) is 14.6. The Kier molecular flexibility index (Phi) is 4.60. The van der Waals surface area contributed by atoms with Crippen molar-refractivity contribution in [2.24, 2.45) is 13.0 Å². The second-order valence-corrected chi connectivity index (χ2v) is 5.19. The molecular formula is C11H17BrN4O2. The first kappa shape index (κ1) is 13.4. The van der Waals surface area contributed by atoms with Gasteiger partial charge in [0, 0.05) is 26.3 Å². The molecule has 7 heteroatoms. The van der Waals surface area contributed by atoms with Gasteiger partial charge < -0.3 is 10.1 Å². The first-order chi connectivity index (χ1) is 8.65. The van der Waals surface area contributed by atoms with E-state index < -0.39 is 0 Å². The van der Waals surface area contributed by atoms with E-state index in [0.717, 1.165) is 17.1 Å². The SMILES string of the molecule is Cn1nc(NC(=O)NCCOCC2CC2)cc1Br. The molecule has 1 aliphatic rings. The van der Waals surface area contributed by atoms with E-state index >= 15 is 0 Å². The molecule has 1 aromatic heterocycles. The summed E-state index contributed by atoms with van der Waals surface area (Å²) in [6.45, 7) is 1.87. The quantitative estimate of drug-likeness (QED) is 0.785. The van der Waals surface area contributed by atoms with Gasteiger partial charge in [0.15, 0.2) is 5.82 Å². The lowest BCUT2D eigenvalue weighted by atomic mass is 10.5. The lowest BCUT2D eigenvalue weighted by Crippen LogP contribution is -2.31. The molecule has 0 atom stereocenters. The third-order valence-corrected chi connectivity index (χ3v) is 3.39. The van der Waals surface area contributed by atoms with Crippen LogP contribution in [0.2, 0.25) is 0 Å². The van der Waals surface area contributed by atoms with Crippen LogP contribution in [0.3, 0.4) is 0 Å². The molecule has 0 saturated heterocycles. The highest BCUT2D eigenvalue weighted by molar-refractivity contribution is 9.10. The van der Waals surface area contributed by atoms with Crippen LogP contribution in [0.1, 0.15) is 12.8 Å². The summed E-state index contributed by atoms with van der Waals surface area (Å²) >= 11 is 3.31. The number of carbonyl (C=O) groups excluding carboxylic acids is 1. The summed E-state index contributed by atoms with van der Waals surface area (Å²) in [6.07, 6.45) is 2.56. The van der Waals surface area contributed by atoms with Crippen molar-refractivity contribution in [3.05, 3.63) is 10.7 Å². The summed E-state index contributed by atoms with van der Waals surface area (Å²) < 4.78 is 7.86. The molecule has 1 heterocycles. The zero-order chi connectivity index (χ0) is 13.0. The van der Waals surface area contributed by atoms with Gasteiger partial charge in [0.05, 0.1) is 6.61 Å². The predicted octanol–water partition coefficient (Wildman–Crippen LogP) is 1.73. The highest BCUT2D eigenvalue weighted by Crippen LogP contribution is 2.28. The fourth-order valence-electron chi connectivity index (χ4n) is 1.44. The summed E-state index contributed by atoms with van der Waals surface area (Å²) in [4.78, 5) is 11.5. The maximum absolute atomic E-state index is 11.5. The lowest BCUT2D eigenvalue weighted by molar-refractivity contribution is 0.127. The van der Waals surface area contributed by atoms with Gasteiger partial charge in [0.1, 0.15) is 4.60 Å². The van der Waals surface area contributed by atoms with E-state index in [0.29, 0.717) is 19.0 Å². The average molecular weight is 317 g/mol. The zero-order valence-electron chi connectivity index (χ0n) is 10.3. The largest absolute Gasteiger partial charge is 0.379 e. The molecule has 1 fully saturated rings. The zero-order valence-corrected chi connectivity index (χ0v) is 11.9. The van der Waals surface area contributed by atoms with Crippen molar-refractivity contribution >= 4 is 27.8 Å². The first-order valence-electron chi connectivity index (χ1n) is 5.97. The van der Waals surface area contributed by atoms with Crippen LogP contribution in [0.4, 0.5) is 10.6 Å². The molecule has 1 aromatic rings. The predicted molar refractivity (Wildman–Crippen MR) is 71.5 cm³/mol. The van der Waals surface area contributed by atoms with Crippen LogP contribution in [-0.2, 0) is 11.8 Å². The van der Waals surface area contributed by atoms with Crippen molar-refractivity contribution in [2.45, 2.75) is 12.8 Å². The second-order valence-electron chi connectivity index (χ2n) is 4.38. The number of hydrogen-bond acceptors (Lipinski definition) is 3. The number of nitrogens with zero attached hydrogens (tertiary/aromatic N) is 2. The van der Waals surface area contributed by atoms with Gasteiger partial charge in [-0.3, -0.25) is 10.00 Å². The van der Waals surface area contributed by atoms with Crippen molar-refractivity contribution in [1.82, 2.24) is 15.1 Å². The number of halogens is 1. The Hall–Kier alpha value is -1.08. The standard InChI is InChI=1S/C11H17BrN4O2/c1-16-9(12)6-10(15-16)14-11(17)13-4-5-18-7-8-2-3-8/h6,8H,2-5,7H2,1H3,(H2,13,14,15,17). The van der Waals surface area contributed by atoms with Gasteiger partial charge in [0.2, 0.25) is 0 Å². The average Bonchev–Trinajstić information content (AvgIpc) is 3.07. The number of nitrogens with one attached hydrogen (secondary N) is 2. The van der Waals surface area contributed by atoms with Crippen molar-refractivity contribution in [1.29, 1.82) is 0 Å². The number of aromatic nitrogens is 2. The van der Waals surface area contributed by atoms with Gasteiger partial charge >= 0.3 is 6.03 Å². The molecule has 0 aliphatic heterocycles. The van der Waals surface area contributed by atoms with Gasteiger partial charge in [0.25, 0.3) is 0 Å². The van der Waals surface area contributed by atoms with Crippen molar-refractivity contribution in [3.63, 3.8) is 0 Å². The molecule has 1 saturated carbocycles. The summed E-state index contributed by atoms with van der Waals surface area (Å²) in [5.41, 5.74) is 0. The molecule has 2 amide bonds. The Balaban J connectivity index is 1.59. The Morgan fingerprint density at radius 3 is 3.06 bits per heavy atom. The van der Waals surface area contributed by atoms with E-state index in [1.54, 1.807) is 17.8 Å². The monoisotopic (exact) mass is 316 g/mol. The molecule has 100 valence electrons. The maximum atomic E-state index is 11.5. The maximum Gasteiger partial charge on any atom is 0.320 e. The van der Waals surface area contributed by atoms with Crippen LogP contribution in [0.25, 0.3) is 0 Å². The van der Waals surface area contributed by atoms with Gasteiger partial charge in [-0.2, -0.15) is 5.10 Å². The van der Waals surface area contributed by atoms with E-state index in [4.69, 9.17) is 4.74 Å². The molecule has 0 bridgehead atoms. The number of aryl methyl sites for hydroxylation is 1.